The maximum absolute atomic E-state index is 12.6. The number of hydrogen-bond acceptors (Lipinski definition) is 5. The Kier molecular flexibility index (Phi) is 7.09. The van der Waals surface area contributed by atoms with E-state index >= 15 is 0 Å². The minimum Gasteiger partial charge on any atom is -0.462 e. The van der Waals surface area contributed by atoms with E-state index in [4.69, 9.17) is 21.1 Å². The van der Waals surface area contributed by atoms with Gasteiger partial charge >= 0.3 is 18.1 Å². The summed E-state index contributed by atoms with van der Waals surface area (Å²) in [5.74, 6) is -1.85. The molecular weight excluding hydrogens is 351 g/mol. The second kappa shape index (κ2) is 8.58. The van der Waals surface area contributed by atoms with Gasteiger partial charge in [-0.2, -0.15) is 13.2 Å². The van der Waals surface area contributed by atoms with Crippen LogP contribution < -0.4 is 5.32 Å². The second-order valence-electron chi connectivity index (χ2n) is 4.34. The van der Waals surface area contributed by atoms with Gasteiger partial charge in [-0.15, -0.1) is 0 Å². The summed E-state index contributed by atoms with van der Waals surface area (Å²) in [6, 6.07) is 2.62. The van der Waals surface area contributed by atoms with Crippen molar-refractivity contribution in [2.45, 2.75) is 20.0 Å². The average Bonchev–Trinajstić information content (AvgIpc) is 2.48. The summed E-state index contributed by atoms with van der Waals surface area (Å²) in [4.78, 5) is 23.5. The Balaban J connectivity index is 3.04. The van der Waals surface area contributed by atoms with Gasteiger partial charge in [-0.1, -0.05) is 11.6 Å². The molecule has 0 saturated heterocycles. The maximum Gasteiger partial charge on any atom is 0.416 e. The van der Waals surface area contributed by atoms with Crippen molar-refractivity contribution in [2.75, 3.05) is 18.5 Å². The van der Waals surface area contributed by atoms with Crippen LogP contribution in [0.2, 0.25) is 5.02 Å². The van der Waals surface area contributed by atoms with Gasteiger partial charge in [0, 0.05) is 6.20 Å². The van der Waals surface area contributed by atoms with Gasteiger partial charge < -0.3 is 14.8 Å². The molecule has 132 valence electrons. The Hall–Kier alpha value is -2.22. The highest BCUT2D eigenvalue weighted by Crippen LogP contribution is 2.33. The van der Waals surface area contributed by atoms with Crippen LogP contribution in [-0.2, 0) is 25.2 Å². The number of carbonyl (C=O) groups excluding carboxylic acids is 2. The number of anilines is 1. The van der Waals surface area contributed by atoms with Crippen molar-refractivity contribution in [1.29, 1.82) is 0 Å². The van der Waals surface area contributed by atoms with Gasteiger partial charge in [-0.3, -0.25) is 0 Å². The molecule has 24 heavy (non-hydrogen) atoms. The van der Waals surface area contributed by atoms with Crippen molar-refractivity contribution in [1.82, 2.24) is 0 Å². The van der Waals surface area contributed by atoms with Gasteiger partial charge in [-0.25, -0.2) is 9.59 Å². The predicted octanol–water partition coefficient (Wildman–Crippen LogP) is 3.78. The molecule has 0 unspecified atom stereocenters. The first-order valence-electron chi connectivity index (χ1n) is 6.88. The minimum absolute atomic E-state index is 0.0383. The fourth-order valence-corrected chi connectivity index (χ4v) is 1.81. The van der Waals surface area contributed by atoms with Gasteiger partial charge in [0.25, 0.3) is 0 Å². The van der Waals surface area contributed by atoms with Crippen LogP contribution in [0.1, 0.15) is 19.4 Å². The molecule has 5 nitrogen and oxygen atoms in total. The molecule has 0 atom stereocenters. The minimum atomic E-state index is -4.53. The molecule has 0 aromatic heterocycles. The number of carbonyl (C=O) groups is 2. The third kappa shape index (κ3) is 5.45. The molecule has 0 fully saturated rings. The molecule has 9 heteroatoms. The van der Waals surface area contributed by atoms with Crippen molar-refractivity contribution < 1.29 is 32.2 Å². The largest absolute Gasteiger partial charge is 0.462 e. The van der Waals surface area contributed by atoms with E-state index in [1.165, 1.54) is 0 Å². The van der Waals surface area contributed by atoms with E-state index in [0.29, 0.717) is 0 Å². The fourth-order valence-electron chi connectivity index (χ4n) is 1.58. The van der Waals surface area contributed by atoms with E-state index in [-0.39, 0.29) is 23.9 Å². The van der Waals surface area contributed by atoms with Crippen LogP contribution in [-0.4, -0.2) is 25.2 Å². The maximum atomic E-state index is 12.6. The van der Waals surface area contributed by atoms with Crippen LogP contribution in [0.4, 0.5) is 18.9 Å². The summed E-state index contributed by atoms with van der Waals surface area (Å²) in [7, 11) is 0. The Labute approximate surface area is 141 Å². The molecule has 0 aliphatic heterocycles. The van der Waals surface area contributed by atoms with Crippen molar-refractivity contribution in [3.05, 3.63) is 40.6 Å². The van der Waals surface area contributed by atoms with Crippen LogP contribution in [0.25, 0.3) is 0 Å². The number of alkyl halides is 3. The van der Waals surface area contributed by atoms with E-state index in [0.717, 1.165) is 24.4 Å². The van der Waals surface area contributed by atoms with Crippen LogP contribution in [0.15, 0.2) is 30.0 Å². The van der Waals surface area contributed by atoms with Gasteiger partial charge in [0.15, 0.2) is 5.57 Å². The lowest BCUT2D eigenvalue weighted by Crippen LogP contribution is -2.19. The van der Waals surface area contributed by atoms with Crippen LogP contribution in [0.5, 0.6) is 0 Å². The second-order valence-corrected chi connectivity index (χ2v) is 4.74. The molecule has 0 radical (unpaired) electrons. The predicted molar refractivity (Wildman–Crippen MR) is 81.4 cm³/mol. The smallest absolute Gasteiger partial charge is 0.416 e. The molecule has 0 amide bonds. The zero-order valence-electron chi connectivity index (χ0n) is 12.9. The molecule has 0 heterocycles. The Bertz CT molecular complexity index is 624. The standard InChI is InChI=1S/C15H15ClF3NO4/c1-3-23-13(21)10(14(22)24-4-2)8-20-12-6-5-9(7-11(12)16)15(17,18)19/h5-8,20H,3-4H2,1-2H3. The lowest BCUT2D eigenvalue weighted by Gasteiger charge is -2.11. The number of benzene rings is 1. The number of esters is 2. The third-order valence-corrected chi connectivity index (χ3v) is 2.97. The van der Waals surface area contributed by atoms with Crippen molar-refractivity contribution >= 4 is 29.2 Å². The van der Waals surface area contributed by atoms with Crippen LogP contribution in [0, 0.1) is 0 Å². The van der Waals surface area contributed by atoms with E-state index in [2.05, 4.69) is 5.32 Å². The topological polar surface area (TPSA) is 64.6 Å². The molecule has 0 aliphatic rings. The quantitative estimate of drug-likeness (QED) is 0.360. The normalized spacial score (nSPS) is 10.8. The van der Waals surface area contributed by atoms with Crippen molar-refractivity contribution in [2.24, 2.45) is 0 Å². The van der Waals surface area contributed by atoms with E-state index in [1.54, 1.807) is 13.8 Å². The fraction of sp³-hybridized carbons (Fsp3) is 0.333. The van der Waals surface area contributed by atoms with Crippen molar-refractivity contribution in [3.63, 3.8) is 0 Å². The number of hydrogen-bond donors (Lipinski definition) is 1. The van der Waals surface area contributed by atoms with Gasteiger partial charge in [-0.05, 0) is 32.0 Å². The summed E-state index contributed by atoms with van der Waals surface area (Å²) in [6.45, 7) is 3.19. The molecule has 0 bridgehead atoms. The zero-order valence-corrected chi connectivity index (χ0v) is 13.6. The first kappa shape index (κ1) is 19.8. The lowest BCUT2D eigenvalue weighted by molar-refractivity contribution is -0.146. The zero-order chi connectivity index (χ0) is 18.3. The number of halogens is 4. The number of nitrogens with one attached hydrogen (secondary N) is 1. The first-order chi connectivity index (χ1) is 11.2. The highest BCUT2D eigenvalue weighted by Gasteiger charge is 2.31. The molecule has 0 saturated carbocycles. The van der Waals surface area contributed by atoms with E-state index in [1.807, 2.05) is 0 Å². The van der Waals surface area contributed by atoms with Gasteiger partial charge in [0.05, 0.1) is 29.5 Å². The van der Waals surface area contributed by atoms with Crippen molar-refractivity contribution in [3.8, 4) is 0 Å². The van der Waals surface area contributed by atoms with E-state index < -0.39 is 29.3 Å². The summed E-state index contributed by atoms with van der Waals surface area (Å²) in [6.07, 6.45) is -3.55. The first-order valence-corrected chi connectivity index (χ1v) is 7.26. The number of rotatable bonds is 6. The summed E-state index contributed by atoms with van der Waals surface area (Å²) in [5.41, 5.74) is -1.27. The SMILES string of the molecule is CCOC(=O)C(=CNc1ccc(C(F)(F)F)cc1Cl)C(=O)OCC. The highest BCUT2D eigenvalue weighted by atomic mass is 35.5. The number of ether oxygens (including phenoxy) is 2. The molecular formula is C15H15ClF3NO4. The Morgan fingerprint density at radius 1 is 1.17 bits per heavy atom. The van der Waals surface area contributed by atoms with Gasteiger partial charge in [0.1, 0.15) is 0 Å². The Morgan fingerprint density at radius 2 is 1.71 bits per heavy atom. The molecule has 1 aromatic carbocycles. The van der Waals surface area contributed by atoms with E-state index in [9.17, 15) is 22.8 Å². The van der Waals surface area contributed by atoms with Crippen LogP contribution in [0.3, 0.4) is 0 Å². The highest BCUT2D eigenvalue weighted by molar-refractivity contribution is 6.33. The van der Waals surface area contributed by atoms with Crippen LogP contribution >= 0.6 is 11.6 Å². The summed E-state index contributed by atoms with van der Waals surface area (Å²) >= 11 is 5.78. The molecule has 1 aromatic rings. The Morgan fingerprint density at radius 3 is 2.12 bits per heavy atom. The molecule has 0 aliphatic carbocycles. The van der Waals surface area contributed by atoms with Gasteiger partial charge in [0.2, 0.25) is 0 Å². The summed E-state index contributed by atoms with van der Waals surface area (Å²) < 4.78 is 47.2. The third-order valence-electron chi connectivity index (χ3n) is 2.66. The molecule has 1 rings (SSSR count). The monoisotopic (exact) mass is 365 g/mol. The lowest BCUT2D eigenvalue weighted by atomic mass is 10.2. The average molecular weight is 366 g/mol. The molecule has 0 spiro atoms. The molecule has 1 N–H and O–H groups in total. The summed E-state index contributed by atoms with van der Waals surface area (Å²) in [5, 5.41) is 2.28.